The zero-order chi connectivity index (χ0) is 13.7. The highest BCUT2D eigenvalue weighted by Crippen LogP contribution is 2.35. The smallest absolute Gasteiger partial charge is 0.131 e. The van der Waals surface area contributed by atoms with Crippen LogP contribution in [0, 0.1) is 11.7 Å². The van der Waals surface area contributed by atoms with E-state index in [9.17, 15) is 4.39 Å². The molecule has 1 aromatic carbocycles. The third kappa shape index (κ3) is 3.47. The molecule has 1 aromatic rings. The van der Waals surface area contributed by atoms with Crippen molar-refractivity contribution in [2.24, 2.45) is 5.92 Å². The van der Waals surface area contributed by atoms with Gasteiger partial charge in [0, 0.05) is 17.7 Å². The molecule has 1 atom stereocenters. The normalized spacial score (nSPS) is 18.9. The monoisotopic (exact) mass is 265 g/mol. The van der Waals surface area contributed by atoms with Gasteiger partial charge in [-0.2, -0.15) is 0 Å². The quantitative estimate of drug-likeness (QED) is 0.829. The number of hydrogen-bond donors (Lipinski definition) is 1. The van der Waals surface area contributed by atoms with Crippen molar-refractivity contribution in [2.45, 2.75) is 44.6 Å². The molecular formula is C16H24FNO. The SMILES string of the molecule is CNC(c1ccc(OC)cc1F)C1CCCCCC1. The number of hydrogen-bond acceptors (Lipinski definition) is 2. The van der Waals surface area contributed by atoms with Crippen molar-refractivity contribution < 1.29 is 9.13 Å². The van der Waals surface area contributed by atoms with Crippen molar-refractivity contribution >= 4 is 0 Å². The van der Waals surface area contributed by atoms with Crippen LogP contribution in [0.25, 0.3) is 0 Å². The van der Waals surface area contributed by atoms with Crippen molar-refractivity contribution in [1.82, 2.24) is 5.32 Å². The number of ether oxygens (including phenoxy) is 1. The molecule has 1 unspecified atom stereocenters. The summed E-state index contributed by atoms with van der Waals surface area (Å²) >= 11 is 0. The number of benzene rings is 1. The summed E-state index contributed by atoms with van der Waals surface area (Å²) in [6.45, 7) is 0. The van der Waals surface area contributed by atoms with Gasteiger partial charge < -0.3 is 10.1 Å². The van der Waals surface area contributed by atoms with Gasteiger partial charge in [0.2, 0.25) is 0 Å². The third-order valence-electron chi connectivity index (χ3n) is 4.22. The highest BCUT2D eigenvalue weighted by Gasteiger charge is 2.25. The van der Waals surface area contributed by atoms with Crippen LogP contribution in [0.15, 0.2) is 18.2 Å². The Morgan fingerprint density at radius 3 is 2.42 bits per heavy atom. The van der Waals surface area contributed by atoms with Crippen LogP contribution in [0.3, 0.4) is 0 Å². The standard InChI is InChI=1S/C16H24FNO/c1-18-16(12-7-5-3-4-6-8-12)14-10-9-13(19-2)11-15(14)17/h9-12,16,18H,3-8H2,1-2H3. The maximum absolute atomic E-state index is 14.2. The molecule has 2 rings (SSSR count). The van der Waals surface area contributed by atoms with Crippen LogP contribution in [0.1, 0.15) is 50.1 Å². The minimum absolute atomic E-state index is 0.115. The first-order valence-electron chi connectivity index (χ1n) is 7.27. The van der Waals surface area contributed by atoms with Gasteiger partial charge in [-0.05, 0) is 31.9 Å². The highest BCUT2D eigenvalue weighted by atomic mass is 19.1. The van der Waals surface area contributed by atoms with E-state index in [-0.39, 0.29) is 11.9 Å². The van der Waals surface area contributed by atoms with Gasteiger partial charge in [-0.1, -0.05) is 31.7 Å². The molecule has 1 fully saturated rings. The minimum atomic E-state index is -0.164. The summed E-state index contributed by atoms with van der Waals surface area (Å²) in [5, 5.41) is 3.31. The van der Waals surface area contributed by atoms with Gasteiger partial charge >= 0.3 is 0 Å². The lowest BCUT2D eigenvalue weighted by molar-refractivity contribution is 0.332. The van der Waals surface area contributed by atoms with Gasteiger partial charge in [0.1, 0.15) is 11.6 Å². The van der Waals surface area contributed by atoms with Gasteiger partial charge in [0.25, 0.3) is 0 Å². The van der Waals surface area contributed by atoms with Crippen LogP contribution in [0.2, 0.25) is 0 Å². The van der Waals surface area contributed by atoms with Crippen LogP contribution in [-0.2, 0) is 0 Å². The van der Waals surface area contributed by atoms with Crippen molar-refractivity contribution in [2.75, 3.05) is 14.2 Å². The molecule has 0 amide bonds. The van der Waals surface area contributed by atoms with E-state index in [1.807, 2.05) is 19.2 Å². The van der Waals surface area contributed by atoms with Gasteiger partial charge in [0.15, 0.2) is 0 Å². The maximum Gasteiger partial charge on any atom is 0.131 e. The van der Waals surface area contributed by atoms with Gasteiger partial charge in [-0.15, -0.1) is 0 Å². The fraction of sp³-hybridized carbons (Fsp3) is 0.625. The summed E-state index contributed by atoms with van der Waals surface area (Å²) in [7, 11) is 3.49. The van der Waals surface area contributed by atoms with Gasteiger partial charge in [-0.3, -0.25) is 0 Å². The van der Waals surface area contributed by atoms with Gasteiger partial charge in [-0.25, -0.2) is 4.39 Å². The predicted octanol–water partition coefficient (Wildman–Crippen LogP) is 4.07. The van der Waals surface area contributed by atoms with Crippen LogP contribution < -0.4 is 10.1 Å². The molecule has 1 saturated carbocycles. The maximum atomic E-state index is 14.2. The largest absolute Gasteiger partial charge is 0.497 e. The van der Waals surface area contributed by atoms with E-state index in [4.69, 9.17) is 4.74 Å². The van der Waals surface area contributed by atoms with Crippen LogP contribution in [0.5, 0.6) is 5.75 Å². The summed E-state index contributed by atoms with van der Waals surface area (Å²) in [4.78, 5) is 0. The Labute approximate surface area is 115 Å². The Bertz CT molecular complexity index is 400. The molecule has 2 nitrogen and oxygen atoms in total. The molecule has 1 aliphatic rings. The molecule has 106 valence electrons. The lowest BCUT2D eigenvalue weighted by Gasteiger charge is -2.26. The van der Waals surface area contributed by atoms with E-state index < -0.39 is 0 Å². The number of methoxy groups -OCH3 is 1. The van der Waals surface area contributed by atoms with Crippen molar-refractivity contribution in [3.63, 3.8) is 0 Å². The second kappa shape index (κ2) is 6.90. The van der Waals surface area contributed by atoms with E-state index in [0.717, 1.165) is 5.56 Å². The average molecular weight is 265 g/mol. The number of rotatable bonds is 4. The number of halogens is 1. The van der Waals surface area contributed by atoms with E-state index in [2.05, 4.69) is 5.32 Å². The summed E-state index contributed by atoms with van der Waals surface area (Å²) in [5.41, 5.74) is 0.773. The molecule has 0 aliphatic heterocycles. The van der Waals surface area contributed by atoms with E-state index in [1.54, 1.807) is 7.11 Å². The predicted molar refractivity (Wildman–Crippen MR) is 75.9 cm³/mol. The first kappa shape index (κ1) is 14.3. The first-order valence-corrected chi connectivity index (χ1v) is 7.27. The second-order valence-corrected chi connectivity index (χ2v) is 5.41. The molecular weight excluding hydrogens is 241 g/mol. The Morgan fingerprint density at radius 1 is 1.21 bits per heavy atom. The van der Waals surface area contributed by atoms with E-state index in [0.29, 0.717) is 11.7 Å². The molecule has 1 N–H and O–H groups in total. The summed E-state index contributed by atoms with van der Waals surface area (Å²) in [6, 6.07) is 5.31. The molecule has 1 aliphatic carbocycles. The molecule has 0 spiro atoms. The zero-order valence-electron chi connectivity index (χ0n) is 11.9. The van der Waals surface area contributed by atoms with Crippen molar-refractivity contribution in [1.29, 1.82) is 0 Å². The van der Waals surface area contributed by atoms with E-state index >= 15 is 0 Å². The molecule has 0 heterocycles. The third-order valence-corrected chi connectivity index (χ3v) is 4.22. The van der Waals surface area contributed by atoms with E-state index in [1.165, 1.54) is 44.6 Å². The second-order valence-electron chi connectivity index (χ2n) is 5.41. The molecule has 0 aromatic heterocycles. The lowest BCUT2D eigenvalue weighted by atomic mass is 9.87. The Kier molecular flexibility index (Phi) is 5.20. The molecule has 19 heavy (non-hydrogen) atoms. The first-order chi connectivity index (χ1) is 9.26. The number of nitrogens with one attached hydrogen (secondary N) is 1. The summed E-state index contributed by atoms with van der Waals surface area (Å²) < 4.78 is 19.3. The molecule has 0 saturated heterocycles. The Balaban J connectivity index is 2.20. The van der Waals surface area contributed by atoms with Crippen molar-refractivity contribution in [3.8, 4) is 5.75 Å². The van der Waals surface area contributed by atoms with Crippen LogP contribution in [0.4, 0.5) is 4.39 Å². The molecule has 3 heteroatoms. The molecule has 0 bridgehead atoms. The van der Waals surface area contributed by atoms with Crippen LogP contribution in [-0.4, -0.2) is 14.2 Å². The fourth-order valence-electron chi connectivity index (χ4n) is 3.18. The zero-order valence-corrected chi connectivity index (χ0v) is 11.9. The Morgan fingerprint density at radius 2 is 1.89 bits per heavy atom. The lowest BCUT2D eigenvalue weighted by Crippen LogP contribution is -2.26. The minimum Gasteiger partial charge on any atom is -0.497 e. The highest BCUT2D eigenvalue weighted by molar-refractivity contribution is 5.31. The van der Waals surface area contributed by atoms with Gasteiger partial charge in [0.05, 0.1) is 7.11 Å². The molecule has 0 radical (unpaired) electrons. The fourth-order valence-corrected chi connectivity index (χ4v) is 3.18. The summed E-state index contributed by atoms with van der Waals surface area (Å²) in [5.74, 6) is 0.954. The Hall–Kier alpha value is -1.09. The van der Waals surface area contributed by atoms with Crippen molar-refractivity contribution in [3.05, 3.63) is 29.6 Å². The van der Waals surface area contributed by atoms with Crippen LogP contribution >= 0.6 is 0 Å². The topological polar surface area (TPSA) is 21.3 Å². The average Bonchev–Trinajstić information content (AvgIpc) is 2.70. The summed E-state index contributed by atoms with van der Waals surface area (Å²) in [6.07, 6.45) is 7.55.